The van der Waals surface area contributed by atoms with Crippen LogP contribution in [0.1, 0.15) is 19.8 Å². The van der Waals surface area contributed by atoms with Crippen molar-refractivity contribution in [1.29, 1.82) is 0 Å². The van der Waals surface area contributed by atoms with Gasteiger partial charge in [-0.25, -0.2) is 0 Å². The van der Waals surface area contributed by atoms with Gasteiger partial charge in [0.2, 0.25) is 0 Å². The highest BCUT2D eigenvalue weighted by molar-refractivity contribution is 4.76. The zero-order valence-corrected chi connectivity index (χ0v) is 6.88. The fourth-order valence-corrected chi connectivity index (χ4v) is 1.27. The summed E-state index contributed by atoms with van der Waals surface area (Å²) in [5.74, 6) is 0.934. The molecule has 1 N–H and O–H groups in total. The van der Waals surface area contributed by atoms with E-state index in [9.17, 15) is 0 Å². The number of rotatable bonds is 4. The number of aliphatic hydroxyl groups is 1. The van der Waals surface area contributed by atoms with Crippen molar-refractivity contribution in [3.63, 3.8) is 0 Å². The van der Waals surface area contributed by atoms with Crippen LogP contribution in [0.3, 0.4) is 0 Å². The zero-order chi connectivity index (χ0) is 7.56. The summed E-state index contributed by atoms with van der Waals surface area (Å²) in [4.78, 5) is 2.21. The lowest BCUT2D eigenvalue weighted by atomic mass is 10.3. The molecule has 0 aromatic heterocycles. The van der Waals surface area contributed by atoms with Crippen molar-refractivity contribution in [2.45, 2.75) is 25.9 Å². The van der Waals surface area contributed by atoms with Crippen LogP contribution in [0.25, 0.3) is 0 Å². The Labute approximate surface area is 62.8 Å². The predicted molar refractivity (Wildman–Crippen MR) is 41.9 cm³/mol. The average molecular weight is 143 g/mol. The summed E-state index contributed by atoms with van der Waals surface area (Å²) < 4.78 is 0. The van der Waals surface area contributed by atoms with Crippen molar-refractivity contribution >= 4 is 0 Å². The minimum absolute atomic E-state index is 0.177. The van der Waals surface area contributed by atoms with Crippen molar-refractivity contribution in [2.24, 2.45) is 5.92 Å². The quantitative estimate of drug-likeness (QED) is 0.626. The maximum Gasteiger partial charge on any atom is 0.0638 e. The number of hydrogen-bond acceptors (Lipinski definition) is 2. The molecular weight excluding hydrogens is 126 g/mol. The summed E-state index contributed by atoms with van der Waals surface area (Å²) >= 11 is 0. The first-order valence-electron chi connectivity index (χ1n) is 4.05. The Hall–Kier alpha value is -0.0800. The van der Waals surface area contributed by atoms with E-state index in [0.717, 1.165) is 12.5 Å². The summed E-state index contributed by atoms with van der Waals surface area (Å²) in [7, 11) is 2.07. The molecule has 0 radical (unpaired) electrons. The number of hydrogen-bond donors (Lipinski definition) is 1. The molecule has 0 amide bonds. The van der Waals surface area contributed by atoms with E-state index in [1.807, 2.05) is 6.92 Å². The highest BCUT2D eigenvalue weighted by Crippen LogP contribution is 2.29. The van der Waals surface area contributed by atoms with Crippen molar-refractivity contribution in [3.8, 4) is 0 Å². The molecule has 1 atom stereocenters. The van der Waals surface area contributed by atoms with Gasteiger partial charge in [0.05, 0.1) is 6.10 Å². The van der Waals surface area contributed by atoms with E-state index in [4.69, 9.17) is 5.11 Å². The lowest BCUT2D eigenvalue weighted by Gasteiger charge is -2.17. The highest BCUT2D eigenvalue weighted by Gasteiger charge is 2.22. The van der Waals surface area contributed by atoms with Gasteiger partial charge in [-0.2, -0.15) is 0 Å². The first-order chi connectivity index (χ1) is 4.68. The van der Waals surface area contributed by atoms with Gasteiger partial charge in [-0.3, -0.25) is 0 Å². The van der Waals surface area contributed by atoms with Crippen LogP contribution in [0.4, 0.5) is 0 Å². The monoisotopic (exact) mass is 143 g/mol. The van der Waals surface area contributed by atoms with Crippen molar-refractivity contribution in [2.75, 3.05) is 20.1 Å². The van der Waals surface area contributed by atoms with Crippen LogP contribution in [0.5, 0.6) is 0 Å². The summed E-state index contributed by atoms with van der Waals surface area (Å²) in [6.07, 6.45) is 2.61. The van der Waals surface area contributed by atoms with Gasteiger partial charge >= 0.3 is 0 Å². The Morgan fingerprint density at radius 2 is 2.20 bits per heavy atom. The standard InChI is InChI=1S/C8H17NO/c1-7(10)5-9(2)6-8-3-4-8/h7-8,10H,3-6H2,1-2H3. The molecule has 0 aromatic rings. The van der Waals surface area contributed by atoms with Crippen LogP contribution >= 0.6 is 0 Å². The Bertz CT molecular complexity index is 95.4. The van der Waals surface area contributed by atoms with Gasteiger partial charge in [-0.1, -0.05) is 0 Å². The summed E-state index contributed by atoms with van der Waals surface area (Å²) in [6.45, 7) is 3.82. The van der Waals surface area contributed by atoms with E-state index in [1.54, 1.807) is 0 Å². The molecule has 0 aliphatic heterocycles. The van der Waals surface area contributed by atoms with Crippen LogP contribution in [0, 0.1) is 5.92 Å². The van der Waals surface area contributed by atoms with Crippen molar-refractivity contribution in [1.82, 2.24) is 4.90 Å². The number of likely N-dealkylation sites (N-methyl/N-ethyl adjacent to an activating group) is 1. The van der Waals surface area contributed by atoms with E-state index in [0.29, 0.717) is 0 Å². The SMILES string of the molecule is CC(O)CN(C)CC1CC1. The smallest absolute Gasteiger partial charge is 0.0638 e. The molecule has 1 saturated carbocycles. The van der Waals surface area contributed by atoms with E-state index >= 15 is 0 Å². The first-order valence-corrected chi connectivity index (χ1v) is 4.05. The first kappa shape index (κ1) is 8.02. The predicted octanol–water partition coefficient (Wildman–Crippen LogP) is 0.709. The fraction of sp³-hybridized carbons (Fsp3) is 1.00. The van der Waals surface area contributed by atoms with E-state index < -0.39 is 0 Å². The third-order valence-corrected chi connectivity index (χ3v) is 1.84. The van der Waals surface area contributed by atoms with Crippen molar-refractivity contribution < 1.29 is 5.11 Å². The van der Waals surface area contributed by atoms with Gasteiger partial charge in [0, 0.05) is 13.1 Å². The van der Waals surface area contributed by atoms with Gasteiger partial charge in [-0.15, -0.1) is 0 Å². The summed E-state index contributed by atoms with van der Waals surface area (Å²) in [6, 6.07) is 0. The molecule has 10 heavy (non-hydrogen) atoms. The second-order valence-electron chi connectivity index (χ2n) is 3.51. The molecule has 0 spiro atoms. The molecule has 2 heteroatoms. The number of nitrogens with zero attached hydrogens (tertiary/aromatic N) is 1. The van der Waals surface area contributed by atoms with Crippen LogP contribution in [-0.4, -0.2) is 36.2 Å². The molecule has 1 rings (SSSR count). The van der Waals surface area contributed by atoms with Gasteiger partial charge in [-0.05, 0) is 32.7 Å². The molecule has 1 aliphatic carbocycles. The van der Waals surface area contributed by atoms with Crippen LogP contribution in [-0.2, 0) is 0 Å². The molecule has 1 fully saturated rings. The largest absolute Gasteiger partial charge is 0.392 e. The molecule has 0 aromatic carbocycles. The van der Waals surface area contributed by atoms with Crippen LogP contribution in [0.2, 0.25) is 0 Å². The second-order valence-corrected chi connectivity index (χ2v) is 3.51. The highest BCUT2D eigenvalue weighted by atomic mass is 16.3. The minimum atomic E-state index is -0.177. The maximum absolute atomic E-state index is 9.01. The Kier molecular flexibility index (Phi) is 2.69. The molecule has 1 unspecified atom stereocenters. The van der Waals surface area contributed by atoms with Gasteiger partial charge in [0.15, 0.2) is 0 Å². The second kappa shape index (κ2) is 3.35. The Morgan fingerprint density at radius 1 is 1.60 bits per heavy atom. The fourth-order valence-electron chi connectivity index (χ4n) is 1.27. The van der Waals surface area contributed by atoms with Gasteiger partial charge in [0.1, 0.15) is 0 Å². The number of aliphatic hydroxyl groups excluding tert-OH is 1. The molecule has 60 valence electrons. The van der Waals surface area contributed by atoms with Crippen LogP contribution < -0.4 is 0 Å². The Morgan fingerprint density at radius 3 is 2.60 bits per heavy atom. The third kappa shape index (κ3) is 3.18. The minimum Gasteiger partial charge on any atom is -0.392 e. The summed E-state index contributed by atoms with van der Waals surface area (Å²) in [5, 5.41) is 9.01. The lowest BCUT2D eigenvalue weighted by Crippen LogP contribution is -2.28. The van der Waals surface area contributed by atoms with Gasteiger partial charge in [0.25, 0.3) is 0 Å². The molecule has 0 saturated heterocycles. The van der Waals surface area contributed by atoms with Gasteiger partial charge < -0.3 is 10.0 Å². The van der Waals surface area contributed by atoms with E-state index in [2.05, 4.69) is 11.9 Å². The van der Waals surface area contributed by atoms with Crippen molar-refractivity contribution in [3.05, 3.63) is 0 Å². The van der Waals surface area contributed by atoms with E-state index in [-0.39, 0.29) is 6.10 Å². The average Bonchev–Trinajstić information content (AvgIpc) is 2.46. The molecule has 2 nitrogen and oxygen atoms in total. The Balaban J connectivity index is 2.02. The zero-order valence-electron chi connectivity index (χ0n) is 6.88. The maximum atomic E-state index is 9.01. The topological polar surface area (TPSA) is 23.5 Å². The lowest BCUT2D eigenvalue weighted by molar-refractivity contribution is 0.139. The summed E-state index contributed by atoms with van der Waals surface area (Å²) in [5.41, 5.74) is 0. The molecule has 1 aliphatic rings. The normalized spacial score (nSPS) is 21.6. The molecular formula is C8H17NO. The third-order valence-electron chi connectivity index (χ3n) is 1.84. The molecule has 0 heterocycles. The van der Waals surface area contributed by atoms with Crippen LogP contribution in [0.15, 0.2) is 0 Å². The molecule has 0 bridgehead atoms. The van der Waals surface area contributed by atoms with E-state index in [1.165, 1.54) is 19.4 Å².